The average Bonchev–Trinajstić information content (AvgIpc) is 2.88. The molecule has 1 aromatic rings. The van der Waals surface area contributed by atoms with Crippen LogP contribution in [0.25, 0.3) is 0 Å². The van der Waals surface area contributed by atoms with Crippen LogP contribution in [-0.4, -0.2) is 29.8 Å². The number of halogens is 1. The van der Waals surface area contributed by atoms with Crippen molar-refractivity contribution in [3.8, 4) is 0 Å². The summed E-state index contributed by atoms with van der Waals surface area (Å²) in [6, 6.07) is 8.04. The van der Waals surface area contributed by atoms with E-state index >= 15 is 0 Å². The summed E-state index contributed by atoms with van der Waals surface area (Å²) >= 11 is 5.94. The van der Waals surface area contributed by atoms with Crippen LogP contribution >= 0.6 is 11.6 Å². The lowest BCUT2D eigenvalue weighted by molar-refractivity contribution is 0.0951. The normalized spacial score (nSPS) is 26.4. The number of carbonyl (C=O) groups excluding carboxylic acids is 1. The van der Waals surface area contributed by atoms with Gasteiger partial charge in [0.05, 0.1) is 0 Å². The summed E-state index contributed by atoms with van der Waals surface area (Å²) in [7, 11) is 0. The van der Waals surface area contributed by atoms with Gasteiger partial charge in [-0.15, -0.1) is 0 Å². The second-order valence-corrected chi connectivity index (χ2v) is 6.56. The molecule has 0 radical (unpaired) electrons. The van der Waals surface area contributed by atoms with Crippen LogP contribution in [0.4, 0.5) is 0 Å². The minimum Gasteiger partial charge on any atom is -0.300 e. The van der Waals surface area contributed by atoms with Gasteiger partial charge in [0, 0.05) is 29.6 Å². The van der Waals surface area contributed by atoms with Gasteiger partial charge in [0.15, 0.2) is 5.78 Å². The maximum absolute atomic E-state index is 12.2. The molecule has 1 aliphatic heterocycles. The number of hydrogen-bond donors (Lipinski definition) is 0. The van der Waals surface area contributed by atoms with Crippen LogP contribution in [0.3, 0.4) is 0 Å². The largest absolute Gasteiger partial charge is 0.300 e. The van der Waals surface area contributed by atoms with Gasteiger partial charge in [-0.25, -0.2) is 0 Å². The average molecular weight is 292 g/mol. The van der Waals surface area contributed by atoms with Gasteiger partial charge in [-0.05, 0) is 43.9 Å². The molecule has 2 fully saturated rings. The predicted molar refractivity (Wildman–Crippen MR) is 82.3 cm³/mol. The van der Waals surface area contributed by atoms with Crippen molar-refractivity contribution in [1.82, 2.24) is 4.90 Å². The van der Waals surface area contributed by atoms with E-state index in [9.17, 15) is 4.79 Å². The Balaban J connectivity index is 1.55. The first-order chi connectivity index (χ1) is 9.74. The monoisotopic (exact) mass is 291 g/mol. The lowest BCUT2D eigenvalue weighted by Crippen LogP contribution is -2.36. The molecule has 0 spiro atoms. The van der Waals surface area contributed by atoms with Gasteiger partial charge in [-0.2, -0.15) is 0 Å². The smallest absolute Gasteiger partial charge is 0.164 e. The van der Waals surface area contributed by atoms with Gasteiger partial charge in [0.1, 0.15) is 0 Å². The highest BCUT2D eigenvalue weighted by Crippen LogP contribution is 2.36. The summed E-state index contributed by atoms with van der Waals surface area (Å²) in [4.78, 5) is 14.8. The van der Waals surface area contributed by atoms with Crippen LogP contribution in [0, 0.1) is 5.92 Å². The molecule has 2 atom stereocenters. The number of hydrogen-bond acceptors (Lipinski definition) is 2. The maximum Gasteiger partial charge on any atom is 0.164 e. The number of fused-ring (bicyclic) bond motifs is 1. The predicted octanol–water partition coefficient (Wildman–Crippen LogP) is 4.18. The Bertz CT molecular complexity index is 488. The van der Waals surface area contributed by atoms with Crippen molar-refractivity contribution in [2.24, 2.45) is 5.92 Å². The second kappa shape index (κ2) is 6.28. The topological polar surface area (TPSA) is 20.3 Å². The first kappa shape index (κ1) is 14.1. The van der Waals surface area contributed by atoms with Crippen LogP contribution in [0.15, 0.2) is 24.3 Å². The van der Waals surface area contributed by atoms with E-state index in [1.807, 2.05) is 18.2 Å². The van der Waals surface area contributed by atoms with Gasteiger partial charge in [0.25, 0.3) is 0 Å². The molecule has 0 amide bonds. The van der Waals surface area contributed by atoms with Gasteiger partial charge in [0.2, 0.25) is 0 Å². The second-order valence-electron chi connectivity index (χ2n) is 6.12. The van der Waals surface area contributed by atoms with Crippen molar-refractivity contribution < 1.29 is 4.79 Å². The number of likely N-dealkylation sites (tertiary alicyclic amines) is 1. The fraction of sp³-hybridized carbons (Fsp3) is 0.588. The van der Waals surface area contributed by atoms with E-state index < -0.39 is 0 Å². The van der Waals surface area contributed by atoms with E-state index in [0.717, 1.165) is 24.1 Å². The number of ketones is 1. The summed E-state index contributed by atoms with van der Waals surface area (Å²) in [6.07, 6.45) is 7.43. The summed E-state index contributed by atoms with van der Waals surface area (Å²) in [6.45, 7) is 2.09. The zero-order valence-corrected chi connectivity index (χ0v) is 12.6. The molecule has 20 heavy (non-hydrogen) atoms. The van der Waals surface area contributed by atoms with Crippen molar-refractivity contribution >= 4 is 17.4 Å². The number of Topliss-reactive ketones (excluding diaryl/α,β-unsaturated/α-hetero) is 1. The number of rotatable bonds is 4. The van der Waals surface area contributed by atoms with Crippen molar-refractivity contribution in [1.29, 1.82) is 0 Å². The first-order valence-corrected chi connectivity index (χ1v) is 8.14. The number of benzene rings is 1. The Morgan fingerprint density at radius 3 is 2.95 bits per heavy atom. The molecule has 3 heteroatoms. The van der Waals surface area contributed by atoms with Gasteiger partial charge < -0.3 is 0 Å². The Labute approximate surface area is 126 Å². The van der Waals surface area contributed by atoms with Gasteiger partial charge in [-0.3, -0.25) is 9.69 Å². The van der Waals surface area contributed by atoms with E-state index in [0.29, 0.717) is 11.4 Å². The van der Waals surface area contributed by atoms with Crippen LogP contribution < -0.4 is 0 Å². The molecule has 2 unspecified atom stereocenters. The molecular formula is C17H22ClNO. The number of carbonyl (C=O) groups is 1. The van der Waals surface area contributed by atoms with Crippen molar-refractivity contribution in [2.75, 3.05) is 13.1 Å². The van der Waals surface area contributed by atoms with E-state index in [1.54, 1.807) is 6.07 Å². The summed E-state index contributed by atoms with van der Waals surface area (Å²) < 4.78 is 0. The fourth-order valence-electron chi connectivity index (χ4n) is 3.83. The highest BCUT2D eigenvalue weighted by Gasteiger charge is 2.35. The van der Waals surface area contributed by atoms with E-state index in [2.05, 4.69) is 4.90 Å². The van der Waals surface area contributed by atoms with Crippen LogP contribution in [0.1, 0.15) is 48.9 Å². The molecule has 1 saturated heterocycles. The Morgan fingerprint density at radius 2 is 2.10 bits per heavy atom. The summed E-state index contributed by atoms with van der Waals surface area (Å²) in [5.74, 6) is 1.11. The molecule has 3 rings (SSSR count). The molecule has 0 bridgehead atoms. The van der Waals surface area contributed by atoms with Crippen LogP contribution in [0.2, 0.25) is 5.02 Å². The zero-order valence-electron chi connectivity index (χ0n) is 11.9. The summed E-state index contributed by atoms with van der Waals surface area (Å²) in [5.41, 5.74) is 0.747. The van der Waals surface area contributed by atoms with E-state index in [4.69, 9.17) is 11.6 Å². The van der Waals surface area contributed by atoms with Crippen molar-refractivity contribution in [3.63, 3.8) is 0 Å². The highest BCUT2D eigenvalue weighted by atomic mass is 35.5. The third-order valence-electron chi connectivity index (χ3n) is 4.90. The molecular weight excluding hydrogens is 270 g/mol. The number of nitrogens with zero attached hydrogens (tertiary/aromatic N) is 1. The standard InChI is InChI=1S/C17H22ClNO/c18-15-6-3-5-14(12-15)17(20)9-11-19-10-8-13-4-1-2-7-16(13)19/h3,5-6,12-13,16H,1-2,4,7-11H2. The molecule has 2 aliphatic rings. The van der Waals surface area contributed by atoms with Gasteiger partial charge >= 0.3 is 0 Å². The minimum absolute atomic E-state index is 0.215. The third kappa shape index (κ3) is 3.07. The lowest BCUT2D eigenvalue weighted by Gasteiger charge is -2.31. The molecule has 2 nitrogen and oxygen atoms in total. The SMILES string of the molecule is O=C(CCN1CCC2CCCCC21)c1cccc(Cl)c1. The zero-order chi connectivity index (χ0) is 13.9. The Hall–Kier alpha value is -0.860. The molecule has 0 aromatic heterocycles. The van der Waals surface area contributed by atoms with Crippen LogP contribution in [-0.2, 0) is 0 Å². The van der Waals surface area contributed by atoms with E-state index in [-0.39, 0.29) is 5.78 Å². The lowest BCUT2D eigenvalue weighted by atomic mass is 9.85. The molecule has 1 aromatic carbocycles. The van der Waals surface area contributed by atoms with E-state index in [1.165, 1.54) is 38.6 Å². The summed E-state index contributed by atoms with van der Waals surface area (Å²) in [5, 5.41) is 0.643. The quantitative estimate of drug-likeness (QED) is 0.776. The van der Waals surface area contributed by atoms with Crippen LogP contribution in [0.5, 0.6) is 0 Å². The Kier molecular flexibility index (Phi) is 4.42. The molecule has 108 valence electrons. The molecule has 1 heterocycles. The van der Waals surface area contributed by atoms with Gasteiger partial charge in [-0.1, -0.05) is 36.6 Å². The maximum atomic E-state index is 12.2. The highest BCUT2D eigenvalue weighted by molar-refractivity contribution is 6.31. The minimum atomic E-state index is 0.215. The molecule has 1 saturated carbocycles. The van der Waals surface area contributed by atoms with Crippen molar-refractivity contribution in [3.05, 3.63) is 34.9 Å². The van der Waals surface area contributed by atoms with Crippen molar-refractivity contribution in [2.45, 2.75) is 44.6 Å². The first-order valence-electron chi connectivity index (χ1n) is 7.77. The Morgan fingerprint density at radius 1 is 1.25 bits per heavy atom. The molecule has 1 aliphatic carbocycles. The third-order valence-corrected chi connectivity index (χ3v) is 5.13. The molecule has 0 N–H and O–H groups in total. The fourth-order valence-corrected chi connectivity index (χ4v) is 4.02.